The number of hydrogen-bond acceptors (Lipinski definition) is 2. The van der Waals surface area contributed by atoms with Gasteiger partial charge >= 0.3 is 0 Å². The van der Waals surface area contributed by atoms with E-state index >= 15 is 0 Å². The van der Waals surface area contributed by atoms with Gasteiger partial charge < -0.3 is 4.74 Å². The van der Waals surface area contributed by atoms with Crippen molar-refractivity contribution in [3.05, 3.63) is 57.3 Å². The predicted octanol–water partition coefficient (Wildman–Crippen LogP) is 4.38. The molecule has 0 aliphatic rings. The Morgan fingerprint density at radius 3 is 2.76 bits per heavy atom. The molecule has 2 nitrogen and oxygen atoms in total. The van der Waals surface area contributed by atoms with Crippen LogP contribution in [0.25, 0.3) is 0 Å². The highest BCUT2D eigenvalue weighted by molar-refractivity contribution is 9.10. The normalized spacial score (nSPS) is 10.3. The minimum Gasteiger partial charge on any atom is -0.486 e. The van der Waals surface area contributed by atoms with E-state index in [1.807, 2.05) is 37.3 Å². The molecule has 2 aromatic rings. The van der Waals surface area contributed by atoms with Crippen LogP contribution in [0.1, 0.15) is 11.3 Å². The van der Waals surface area contributed by atoms with Crippen molar-refractivity contribution in [1.29, 1.82) is 0 Å². The molecule has 4 heteroatoms. The van der Waals surface area contributed by atoms with Gasteiger partial charge in [-0.05, 0) is 52.7 Å². The van der Waals surface area contributed by atoms with E-state index in [1.54, 1.807) is 6.20 Å². The summed E-state index contributed by atoms with van der Waals surface area (Å²) in [6, 6.07) is 9.56. The van der Waals surface area contributed by atoms with Gasteiger partial charge in [0.15, 0.2) is 0 Å². The number of rotatable bonds is 3. The summed E-state index contributed by atoms with van der Waals surface area (Å²) in [4.78, 5) is 4.23. The molecule has 0 saturated heterocycles. The fourth-order valence-electron chi connectivity index (χ4n) is 1.37. The molecule has 0 unspecified atom stereocenters. The number of ether oxygens (including phenoxy) is 1. The van der Waals surface area contributed by atoms with Gasteiger partial charge in [0.2, 0.25) is 0 Å². The molecule has 1 aromatic carbocycles. The highest BCUT2D eigenvalue weighted by atomic mass is 79.9. The zero-order chi connectivity index (χ0) is 12.3. The third-order valence-corrected chi connectivity index (χ3v) is 3.02. The molecule has 0 radical (unpaired) electrons. The first-order chi connectivity index (χ1) is 8.15. The third kappa shape index (κ3) is 3.45. The number of benzene rings is 1. The molecule has 0 fully saturated rings. The van der Waals surface area contributed by atoms with E-state index in [1.165, 1.54) is 0 Å². The molecule has 0 atom stereocenters. The Morgan fingerprint density at radius 1 is 1.29 bits per heavy atom. The molecule has 1 aromatic heterocycles. The van der Waals surface area contributed by atoms with E-state index in [2.05, 4.69) is 20.9 Å². The lowest BCUT2D eigenvalue weighted by atomic mass is 10.2. The Labute approximate surface area is 114 Å². The van der Waals surface area contributed by atoms with Gasteiger partial charge in [-0.15, -0.1) is 0 Å². The lowest BCUT2D eigenvalue weighted by Gasteiger charge is -2.08. The minimum atomic E-state index is 0.413. The topological polar surface area (TPSA) is 22.1 Å². The van der Waals surface area contributed by atoms with Gasteiger partial charge in [-0.25, -0.2) is 0 Å². The van der Waals surface area contributed by atoms with Gasteiger partial charge in [0.1, 0.15) is 12.4 Å². The van der Waals surface area contributed by atoms with Gasteiger partial charge in [-0.1, -0.05) is 17.7 Å². The van der Waals surface area contributed by atoms with Crippen LogP contribution in [0.2, 0.25) is 5.02 Å². The molecule has 0 aliphatic carbocycles. The fourth-order valence-corrected chi connectivity index (χ4v) is 1.89. The second-order valence-electron chi connectivity index (χ2n) is 3.69. The van der Waals surface area contributed by atoms with E-state index in [0.717, 1.165) is 15.7 Å². The molecular weight excluding hydrogens is 302 g/mol. The first kappa shape index (κ1) is 12.4. The second-order valence-corrected chi connectivity index (χ2v) is 5.01. The van der Waals surface area contributed by atoms with Crippen molar-refractivity contribution in [3.8, 4) is 5.75 Å². The smallest absolute Gasteiger partial charge is 0.138 e. The molecule has 0 bridgehead atoms. The van der Waals surface area contributed by atoms with Crippen molar-refractivity contribution in [1.82, 2.24) is 4.98 Å². The molecule has 0 N–H and O–H groups in total. The van der Waals surface area contributed by atoms with E-state index < -0.39 is 0 Å². The van der Waals surface area contributed by atoms with Crippen molar-refractivity contribution in [2.45, 2.75) is 13.5 Å². The minimum absolute atomic E-state index is 0.413. The van der Waals surface area contributed by atoms with Crippen molar-refractivity contribution >= 4 is 27.5 Å². The van der Waals surface area contributed by atoms with Crippen LogP contribution in [0, 0.1) is 6.92 Å². The maximum Gasteiger partial charge on any atom is 0.138 e. The molecule has 0 aliphatic heterocycles. The average Bonchev–Trinajstić information content (AvgIpc) is 2.30. The Morgan fingerprint density at radius 2 is 2.12 bits per heavy atom. The maximum absolute atomic E-state index is 6.07. The summed E-state index contributed by atoms with van der Waals surface area (Å²) in [5, 5.41) is 0.627. The van der Waals surface area contributed by atoms with Gasteiger partial charge in [0, 0.05) is 10.7 Å². The first-order valence-electron chi connectivity index (χ1n) is 5.14. The highest BCUT2D eigenvalue weighted by Crippen LogP contribution is 2.25. The van der Waals surface area contributed by atoms with Gasteiger partial charge in [0.25, 0.3) is 0 Å². The molecule has 0 amide bonds. The number of aryl methyl sites for hydroxylation is 1. The number of halogens is 2. The van der Waals surface area contributed by atoms with E-state index in [9.17, 15) is 0 Å². The molecule has 0 spiro atoms. The molecule has 2 rings (SSSR count). The molecule has 88 valence electrons. The van der Waals surface area contributed by atoms with Gasteiger partial charge in [0.05, 0.1) is 10.7 Å². The second kappa shape index (κ2) is 5.52. The molecule has 0 saturated carbocycles. The number of hydrogen-bond donors (Lipinski definition) is 0. The van der Waals surface area contributed by atoms with E-state index in [4.69, 9.17) is 16.3 Å². The standard InChI is InChI=1S/C13H11BrClNO/c1-9-2-5-13(12(15)6-9)17-8-11-4-3-10(14)7-16-11/h2-7H,8H2,1H3. The lowest BCUT2D eigenvalue weighted by Crippen LogP contribution is -1.98. The molecule has 17 heavy (non-hydrogen) atoms. The lowest BCUT2D eigenvalue weighted by molar-refractivity contribution is 0.301. The summed E-state index contributed by atoms with van der Waals surface area (Å²) in [5.41, 5.74) is 1.98. The summed E-state index contributed by atoms with van der Waals surface area (Å²) in [6.07, 6.45) is 1.75. The summed E-state index contributed by atoms with van der Waals surface area (Å²) in [7, 11) is 0. The van der Waals surface area contributed by atoms with Crippen LogP contribution in [-0.2, 0) is 6.61 Å². The molecule has 1 heterocycles. The fraction of sp³-hybridized carbons (Fsp3) is 0.154. The Kier molecular flexibility index (Phi) is 4.02. The SMILES string of the molecule is Cc1ccc(OCc2ccc(Br)cn2)c(Cl)c1. The van der Waals surface area contributed by atoms with Crippen molar-refractivity contribution in [2.24, 2.45) is 0 Å². The summed E-state index contributed by atoms with van der Waals surface area (Å²) in [5.74, 6) is 0.682. The van der Waals surface area contributed by atoms with Crippen LogP contribution in [-0.4, -0.2) is 4.98 Å². The number of nitrogens with zero attached hydrogens (tertiary/aromatic N) is 1. The average molecular weight is 313 g/mol. The summed E-state index contributed by atoms with van der Waals surface area (Å²) in [6.45, 7) is 2.40. The van der Waals surface area contributed by atoms with Crippen LogP contribution in [0.3, 0.4) is 0 Å². The van der Waals surface area contributed by atoms with Crippen molar-refractivity contribution in [2.75, 3.05) is 0 Å². The van der Waals surface area contributed by atoms with Gasteiger partial charge in [-0.3, -0.25) is 4.98 Å². The first-order valence-corrected chi connectivity index (χ1v) is 6.31. The zero-order valence-corrected chi connectivity index (χ0v) is 11.6. The van der Waals surface area contributed by atoms with E-state index in [0.29, 0.717) is 17.4 Å². The van der Waals surface area contributed by atoms with Crippen LogP contribution < -0.4 is 4.74 Å². The highest BCUT2D eigenvalue weighted by Gasteiger charge is 2.02. The summed E-state index contributed by atoms with van der Waals surface area (Å²) < 4.78 is 6.56. The quantitative estimate of drug-likeness (QED) is 0.839. The van der Waals surface area contributed by atoms with Crippen molar-refractivity contribution < 1.29 is 4.74 Å². The van der Waals surface area contributed by atoms with Crippen LogP contribution in [0.15, 0.2) is 41.0 Å². The third-order valence-electron chi connectivity index (χ3n) is 2.25. The summed E-state index contributed by atoms with van der Waals surface area (Å²) >= 11 is 9.40. The Balaban J connectivity index is 2.04. The molecular formula is C13H11BrClNO. The van der Waals surface area contributed by atoms with Crippen LogP contribution >= 0.6 is 27.5 Å². The maximum atomic E-state index is 6.07. The Bertz CT molecular complexity index is 513. The monoisotopic (exact) mass is 311 g/mol. The number of aromatic nitrogens is 1. The van der Waals surface area contributed by atoms with Crippen LogP contribution in [0.4, 0.5) is 0 Å². The number of pyridine rings is 1. The van der Waals surface area contributed by atoms with E-state index in [-0.39, 0.29) is 0 Å². The van der Waals surface area contributed by atoms with Crippen molar-refractivity contribution in [3.63, 3.8) is 0 Å². The predicted molar refractivity (Wildman–Crippen MR) is 72.5 cm³/mol. The zero-order valence-electron chi connectivity index (χ0n) is 9.28. The Hall–Kier alpha value is -1.06. The van der Waals surface area contributed by atoms with Gasteiger partial charge in [-0.2, -0.15) is 0 Å². The largest absolute Gasteiger partial charge is 0.486 e. The van der Waals surface area contributed by atoms with Crippen LogP contribution in [0.5, 0.6) is 5.75 Å².